The van der Waals surface area contributed by atoms with Gasteiger partial charge in [-0.1, -0.05) is 17.7 Å². The Kier molecular flexibility index (Phi) is 4.03. The summed E-state index contributed by atoms with van der Waals surface area (Å²) in [6, 6.07) is 7.34. The predicted molar refractivity (Wildman–Crippen MR) is 96.6 cm³/mol. The number of aliphatic carboxylic acids is 1. The average Bonchev–Trinajstić information content (AvgIpc) is 3.18. The van der Waals surface area contributed by atoms with Crippen molar-refractivity contribution in [3.8, 4) is 5.69 Å². The third-order valence-electron chi connectivity index (χ3n) is 5.83. The molecular weight excluding hydrogens is 354 g/mol. The molecule has 2 heterocycles. The van der Waals surface area contributed by atoms with E-state index >= 15 is 0 Å². The van der Waals surface area contributed by atoms with E-state index in [2.05, 4.69) is 5.10 Å². The number of benzene rings is 1. The number of halogens is 1. The zero-order valence-electron chi connectivity index (χ0n) is 14.5. The minimum Gasteiger partial charge on any atom is -0.481 e. The monoisotopic (exact) mass is 373 g/mol. The Labute approximate surface area is 156 Å². The molecule has 2 aliphatic rings. The van der Waals surface area contributed by atoms with E-state index < -0.39 is 5.97 Å². The van der Waals surface area contributed by atoms with Crippen LogP contribution in [0.4, 0.5) is 0 Å². The van der Waals surface area contributed by atoms with Crippen molar-refractivity contribution in [2.24, 2.45) is 11.3 Å². The lowest BCUT2D eigenvalue weighted by atomic mass is 9.90. The lowest BCUT2D eigenvalue weighted by Crippen LogP contribution is -2.40. The lowest BCUT2D eigenvalue weighted by molar-refractivity contribution is -0.139. The normalized spacial score (nSPS) is 21.0. The van der Waals surface area contributed by atoms with Crippen LogP contribution >= 0.6 is 11.6 Å². The number of piperidine rings is 1. The first-order valence-electron chi connectivity index (χ1n) is 8.74. The molecule has 1 aromatic carbocycles. The van der Waals surface area contributed by atoms with Crippen molar-refractivity contribution in [2.45, 2.75) is 26.2 Å². The van der Waals surface area contributed by atoms with Gasteiger partial charge in [0.15, 0.2) is 0 Å². The van der Waals surface area contributed by atoms with Crippen LogP contribution in [0.5, 0.6) is 0 Å². The van der Waals surface area contributed by atoms with E-state index in [4.69, 9.17) is 11.6 Å². The van der Waals surface area contributed by atoms with Gasteiger partial charge in [0.2, 0.25) is 0 Å². The summed E-state index contributed by atoms with van der Waals surface area (Å²) in [5, 5.41) is 14.2. The maximum Gasteiger partial charge on any atom is 0.307 e. The van der Waals surface area contributed by atoms with E-state index in [0.717, 1.165) is 30.6 Å². The Balaban J connectivity index is 1.49. The third-order valence-corrected chi connectivity index (χ3v) is 6.06. The number of rotatable bonds is 3. The largest absolute Gasteiger partial charge is 0.481 e. The van der Waals surface area contributed by atoms with Crippen molar-refractivity contribution in [3.05, 3.63) is 46.7 Å². The van der Waals surface area contributed by atoms with Gasteiger partial charge < -0.3 is 10.0 Å². The number of nitrogens with zero attached hydrogens (tertiary/aromatic N) is 3. The number of hydrogen-bond donors (Lipinski definition) is 1. The second-order valence-electron chi connectivity index (χ2n) is 7.28. The minimum absolute atomic E-state index is 0.0434. The van der Waals surface area contributed by atoms with E-state index in [1.54, 1.807) is 23.0 Å². The molecule has 4 rings (SSSR count). The molecule has 7 heteroatoms. The van der Waals surface area contributed by atoms with Gasteiger partial charge in [0.05, 0.1) is 29.1 Å². The smallest absolute Gasteiger partial charge is 0.307 e. The van der Waals surface area contributed by atoms with Gasteiger partial charge in [-0.2, -0.15) is 5.10 Å². The van der Waals surface area contributed by atoms with Gasteiger partial charge in [-0.3, -0.25) is 9.59 Å². The van der Waals surface area contributed by atoms with Crippen LogP contribution in [0.3, 0.4) is 0 Å². The first kappa shape index (κ1) is 17.1. The molecule has 1 saturated heterocycles. The summed E-state index contributed by atoms with van der Waals surface area (Å²) in [6.45, 7) is 3.07. The molecule has 136 valence electrons. The van der Waals surface area contributed by atoms with Crippen LogP contribution in [-0.2, 0) is 4.79 Å². The van der Waals surface area contributed by atoms with Crippen molar-refractivity contribution >= 4 is 23.5 Å². The molecular formula is C19H20ClN3O3. The van der Waals surface area contributed by atoms with Gasteiger partial charge in [0.1, 0.15) is 0 Å². The fraction of sp³-hybridized carbons (Fsp3) is 0.421. The fourth-order valence-electron chi connectivity index (χ4n) is 4.06. The number of aromatic nitrogens is 2. The van der Waals surface area contributed by atoms with Crippen molar-refractivity contribution in [2.75, 3.05) is 13.1 Å². The van der Waals surface area contributed by atoms with E-state index in [9.17, 15) is 14.7 Å². The molecule has 1 unspecified atom stereocenters. The molecule has 1 atom stereocenters. The number of likely N-dealkylation sites (tertiary alicyclic amines) is 1. The molecule has 26 heavy (non-hydrogen) atoms. The van der Waals surface area contributed by atoms with Crippen molar-refractivity contribution in [1.82, 2.24) is 14.7 Å². The zero-order valence-corrected chi connectivity index (χ0v) is 15.2. The highest BCUT2D eigenvalue weighted by Crippen LogP contribution is 2.59. The first-order chi connectivity index (χ1) is 12.4. The summed E-state index contributed by atoms with van der Waals surface area (Å²) in [4.78, 5) is 25.9. The number of amides is 1. The summed E-state index contributed by atoms with van der Waals surface area (Å²) in [5.74, 6) is -0.978. The van der Waals surface area contributed by atoms with Gasteiger partial charge in [-0.05, 0) is 49.8 Å². The Hall–Kier alpha value is -2.34. The molecule has 1 spiro atoms. The molecule has 1 saturated carbocycles. The number of carbonyl (C=O) groups excluding carboxylic acids is 1. The molecule has 0 radical (unpaired) electrons. The van der Waals surface area contributed by atoms with Crippen molar-refractivity contribution < 1.29 is 14.7 Å². The number of carbonyl (C=O) groups is 2. The van der Waals surface area contributed by atoms with Gasteiger partial charge in [-0.25, -0.2) is 4.68 Å². The molecule has 1 amide bonds. The number of hydrogen-bond acceptors (Lipinski definition) is 3. The van der Waals surface area contributed by atoms with Crippen LogP contribution in [0.2, 0.25) is 5.02 Å². The quantitative estimate of drug-likeness (QED) is 0.896. The highest BCUT2D eigenvalue weighted by atomic mass is 35.5. The summed E-state index contributed by atoms with van der Waals surface area (Å²) in [5.41, 5.74) is 2.08. The zero-order chi connectivity index (χ0) is 18.5. The highest BCUT2D eigenvalue weighted by Gasteiger charge is 2.59. The molecule has 1 N–H and O–H groups in total. The van der Waals surface area contributed by atoms with Gasteiger partial charge in [0, 0.05) is 18.1 Å². The molecule has 6 nitrogen and oxygen atoms in total. The van der Waals surface area contributed by atoms with E-state index in [-0.39, 0.29) is 17.2 Å². The Morgan fingerprint density at radius 3 is 2.65 bits per heavy atom. The van der Waals surface area contributed by atoms with Crippen molar-refractivity contribution in [3.63, 3.8) is 0 Å². The van der Waals surface area contributed by atoms with Crippen LogP contribution in [0.1, 0.15) is 35.3 Å². The van der Waals surface area contributed by atoms with E-state index in [0.29, 0.717) is 23.7 Å². The Bertz CT molecular complexity index is 884. The number of carboxylic acids is 1. The number of carboxylic acid groups (broad SMARTS) is 1. The topological polar surface area (TPSA) is 75.4 Å². The van der Waals surface area contributed by atoms with Crippen LogP contribution in [0.25, 0.3) is 5.69 Å². The molecule has 1 aliphatic heterocycles. The Morgan fingerprint density at radius 1 is 1.31 bits per heavy atom. The highest BCUT2D eigenvalue weighted by molar-refractivity contribution is 6.30. The van der Waals surface area contributed by atoms with Crippen LogP contribution in [0.15, 0.2) is 30.5 Å². The maximum atomic E-state index is 12.9. The third kappa shape index (κ3) is 2.78. The molecule has 1 aliphatic carbocycles. The molecule has 1 aromatic heterocycles. The molecule has 2 aromatic rings. The minimum atomic E-state index is -0.705. The first-order valence-corrected chi connectivity index (χ1v) is 9.12. The van der Waals surface area contributed by atoms with Gasteiger partial charge in [0.25, 0.3) is 5.91 Å². The molecule has 2 fully saturated rings. The fourth-order valence-corrected chi connectivity index (χ4v) is 4.25. The van der Waals surface area contributed by atoms with E-state index in [1.807, 2.05) is 24.0 Å². The molecule has 0 bridgehead atoms. The van der Waals surface area contributed by atoms with Crippen LogP contribution in [-0.4, -0.2) is 44.8 Å². The lowest BCUT2D eigenvalue weighted by Gasteiger charge is -2.32. The second kappa shape index (κ2) is 6.13. The summed E-state index contributed by atoms with van der Waals surface area (Å²) < 4.78 is 1.71. The van der Waals surface area contributed by atoms with Gasteiger partial charge >= 0.3 is 5.97 Å². The standard InChI is InChI=1S/C19H20ClN3O3/c1-12-15(11-21-23(12)14-4-2-3-13(20)9-14)17(24)22-7-5-19(6-8-22)10-16(19)18(25)26/h2-4,9,11,16H,5-8,10H2,1H3,(H,25,26). The van der Waals surface area contributed by atoms with Crippen LogP contribution < -0.4 is 0 Å². The van der Waals surface area contributed by atoms with Crippen molar-refractivity contribution in [1.29, 1.82) is 0 Å². The SMILES string of the molecule is Cc1c(C(=O)N2CCC3(CC2)CC3C(=O)O)cnn1-c1cccc(Cl)c1. The summed E-state index contributed by atoms with van der Waals surface area (Å²) >= 11 is 6.05. The van der Waals surface area contributed by atoms with E-state index in [1.165, 1.54) is 0 Å². The average molecular weight is 374 g/mol. The summed E-state index contributed by atoms with van der Waals surface area (Å²) in [6.07, 6.45) is 3.87. The summed E-state index contributed by atoms with van der Waals surface area (Å²) in [7, 11) is 0. The van der Waals surface area contributed by atoms with Gasteiger partial charge in [-0.15, -0.1) is 0 Å². The maximum absolute atomic E-state index is 12.9. The second-order valence-corrected chi connectivity index (χ2v) is 7.72. The predicted octanol–water partition coefficient (Wildman–Crippen LogP) is 3.16. The van der Waals surface area contributed by atoms with Crippen LogP contribution in [0, 0.1) is 18.3 Å². The Morgan fingerprint density at radius 2 is 2.04 bits per heavy atom.